The van der Waals surface area contributed by atoms with Crippen LogP contribution in [0.15, 0.2) is 53.9 Å². The highest BCUT2D eigenvalue weighted by Gasteiger charge is 2.22. The Morgan fingerprint density at radius 1 is 1.43 bits per heavy atom. The molecule has 1 unspecified atom stereocenters. The summed E-state index contributed by atoms with van der Waals surface area (Å²) in [5.74, 6) is 0.962. The van der Waals surface area contributed by atoms with Gasteiger partial charge in [0.25, 0.3) is 5.15 Å². The molecule has 0 aliphatic carbocycles. The van der Waals surface area contributed by atoms with Gasteiger partial charge >= 0.3 is 0 Å². The second kappa shape index (κ2) is 5.86. The molecule has 21 heavy (non-hydrogen) atoms. The largest absolute Gasteiger partial charge is 0.326 e. The van der Waals surface area contributed by atoms with Gasteiger partial charge in [0.15, 0.2) is 6.20 Å². The minimum Gasteiger partial charge on any atom is -0.326 e. The molecule has 2 aliphatic heterocycles. The van der Waals surface area contributed by atoms with E-state index in [9.17, 15) is 0 Å². The maximum atomic E-state index is 6.55. The maximum absolute atomic E-state index is 6.55. The van der Waals surface area contributed by atoms with Gasteiger partial charge in [-0.3, -0.25) is 0 Å². The third kappa shape index (κ3) is 2.66. The van der Waals surface area contributed by atoms with Gasteiger partial charge in [-0.25, -0.2) is 4.99 Å². The molecule has 3 nitrogen and oxygen atoms in total. The normalized spacial score (nSPS) is 20.1. The number of fused-ring (bicyclic) bond motifs is 1. The second-order valence-electron chi connectivity index (χ2n) is 5.30. The van der Waals surface area contributed by atoms with Crippen LogP contribution in [0.1, 0.15) is 25.8 Å². The summed E-state index contributed by atoms with van der Waals surface area (Å²) < 4.78 is 2.09. The van der Waals surface area contributed by atoms with Crippen molar-refractivity contribution >= 4 is 23.0 Å². The van der Waals surface area contributed by atoms with Gasteiger partial charge in [0.05, 0.1) is 11.6 Å². The lowest BCUT2D eigenvalue weighted by Crippen LogP contribution is -2.36. The summed E-state index contributed by atoms with van der Waals surface area (Å²) >= 11 is 6.55. The molecule has 0 N–H and O–H groups in total. The monoisotopic (exact) mass is 300 g/mol. The van der Waals surface area contributed by atoms with Gasteiger partial charge in [-0.2, -0.15) is 4.57 Å². The van der Waals surface area contributed by atoms with Gasteiger partial charge in [0.1, 0.15) is 12.4 Å². The Hall–Kier alpha value is -1.87. The Morgan fingerprint density at radius 2 is 2.29 bits per heavy atom. The zero-order valence-corrected chi connectivity index (χ0v) is 13.1. The van der Waals surface area contributed by atoms with Crippen LogP contribution in [0.4, 0.5) is 0 Å². The Bertz CT molecular complexity index is 671. The lowest BCUT2D eigenvalue weighted by atomic mass is 10.0. The van der Waals surface area contributed by atoms with Crippen LogP contribution >= 0.6 is 11.6 Å². The summed E-state index contributed by atoms with van der Waals surface area (Å²) in [7, 11) is 0. The fourth-order valence-electron chi connectivity index (χ4n) is 2.61. The number of aliphatic imine (C=N–C) groups is 1. The first-order valence-electron chi connectivity index (χ1n) is 7.31. The molecule has 0 aromatic carbocycles. The molecule has 4 heteroatoms. The lowest BCUT2D eigenvalue weighted by molar-refractivity contribution is -0.694. The Labute approximate surface area is 130 Å². The number of aryl methyl sites for hydroxylation is 1. The molecule has 0 amide bonds. The van der Waals surface area contributed by atoms with Crippen molar-refractivity contribution in [2.24, 2.45) is 4.99 Å². The van der Waals surface area contributed by atoms with Crippen LogP contribution in [0.25, 0.3) is 5.57 Å². The number of hydrogen-bond donors (Lipinski definition) is 0. The molecule has 3 heterocycles. The van der Waals surface area contributed by atoms with Crippen molar-refractivity contribution in [3.8, 4) is 0 Å². The molecule has 0 saturated heterocycles. The van der Waals surface area contributed by atoms with Gasteiger partial charge < -0.3 is 4.90 Å². The Kier molecular flexibility index (Phi) is 3.93. The summed E-state index contributed by atoms with van der Waals surface area (Å²) in [6.07, 6.45) is 13.3. The number of aromatic nitrogens is 1. The first-order chi connectivity index (χ1) is 10.2. The Morgan fingerprint density at radius 3 is 3.10 bits per heavy atom. The average molecular weight is 301 g/mol. The fourth-order valence-corrected chi connectivity index (χ4v) is 2.93. The van der Waals surface area contributed by atoms with Gasteiger partial charge in [-0.15, -0.1) is 0 Å². The number of halogens is 1. The van der Waals surface area contributed by atoms with Crippen molar-refractivity contribution in [3.05, 3.63) is 59.7 Å². The zero-order chi connectivity index (χ0) is 14.8. The highest BCUT2D eigenvalue weighted by molar-refractivity contribution is 6.30. The Balaban J connectivity index is 1.99. The minimum absolute atomic E-state index is 0.336. The molecule has 0 radical (unpaired) electrons. The number of pyridine rings is 1. The zero-order valence-electron chi connectivity index (χ0n) is 12.3. The molecule has 108 valence electrons. The third-order valence-electron chi connectivity index (χ3n) is 3.75. The van der Waals surface area contributed by atoms with E-state index in [1.54, 1.807) is 0 Å². The van der Waals surface area contributed by atoms with Crippen molar-refractivity contribution in [1.29, 1.82) is 0 Å². The molecule has 2 aliphatic rings. The van der Waals surface area contributed by atoms with Crippen LogP contribution in [0.5, 0.6) is 0 Å². The molecule has 3 rings (SSSR count). The molecule has 1 atom stereocenters. The van der Waals surface area contributed by atoms with E-state index in [0.29, 0.717) is 6.04 Å². The quantitative estimate of drug-likeness (QED) is 0.617. The molecule has 0 bridgehead atoms. The lowest BCUT2D eigenvalue weighted by Gasteiger charge is -2.30. The van der Waals surface area contributed by atoms with E-state index in [4.69, 9.17) is 11.6 Å². The van der Waals surface area contributed by atoms with Crippen LogP contribution in [0.2, 0.25) is 5.15 Å². The average Bonchev–Trinajstić information content (AvgIpc) is 2.49. The summed E-state index contributed by atoms with van der Waals surface area (Å²) in [6, 6.07) is 4.44. The highest BCUT2D eigenvalue weighted by Crippen LogP contribution is 2.27. The molecule has 0 saturated carbocycles. The van der Waals surface area contributed by atoms with Crippen molar-refractivity contribution in [1.82, 2.24) is 4.90 Å². The first-order valence-corrected chi connectivity index (χ1v) is 7.69. The van der Waals surface area contributed by atoms with Crippen molar-refractivity contribution < 1.29 is 4.57 Å². The molecule has 0 fully saturated rings. The van der Waals surface area contributed by atoms with E-state index >= 15 is 0 Å². The van der Waals surface area contributed by atoms with E-state index in [-0.39, 0.29) is 0 Å². The number of nitrogens with zero attached hydrogens (tertiary/aromatic N) is 3. The van der Waals surface area contributed by atoms with Crippen LogP contribution in [-0.2, 0) is 6.54 Å². The molecule has 1 aromatic rings. The summed E-state index contributed by atoms with van der Waals surface area (Å²) in [6.45, 7) is 5.23. The topological polar surface area (TPSA) is 19.5 Å². The number of amidine groups is 1. The van der Waals surface area contributed by atoms with Gasteiger partial charge in [-0.05, 0) is 48.4 Å². The van der Waals surface area contributed by atoms with E-state index in [2.05, 4.69) is 58.8 Å². The molecule has 1 aromatic heterocycles. The second-order valence-corrected chi connectivity index (χ2v) is 5.66. The van der Waals surface area contributed by atoms with E-state index in [1.807, 2.05) is 18.5 Å². The van der Waals surface area contributed by atoms with Crippen LogP contribution in [-0.4, -0.2) is 16.8 Å². The van der Waals surface area contributed by atoms with E-state index in [1.165, 1.54) is 0 Å². The minimum atomic E-state index is 0.336. The predicted octanol–water partition coefficient (Wildman–Crippen LogP) is 3.56. The maximum Gasteiger partial charge on any atom is 0.282 e. The molecular weight excluding hydrogens is 282 g/mol. The van der Waals surface area contributed by atoms with Crippen LogP contribution in [0.3, 0.4) is 0 Å². The smallest absolute Gasteiger partial charge is 0.282 e. The van der Waals surface area contributed by atoms with Crippen molar-refractivity contribution in [2.75, 3.05) is 0 Å². The summed E-state index contributed by atoms with van der Waals surface area (Å²) in [4.78, 5) is 6.60. The SMILES string of the molecule is CCC[n+]1cccc(C2=CC3=NC=CC(C)N3C=C2)c1Cl. The standard InChI is InChI=1S/C17H19ClN3/c1-3-9-20-10-4-5-15(17(20)18)14-7-11-21-13(2)6-8-19-16(21)12-14/h4-8,10-13H,3,9H2,1-2H3/q+1. The summed E-state index contributed by atoms with van der Waals surface area (Å²) in [5, 5.41) is 0.781. The number of allylic oxidation sites excluding steroid dienone is 2. The van der Waals surface area contributed by atoms with Crippen molar-refractivity contribution in [3.63, 3.8) is 0 Å². The number of rotatable bonds is 3. The van der Waals surface area contributed by atoms with E-state index < -0.39 is 0 Å². The summed E-state index contributed by atoms with van der Waals surface area (Å²) in [5.41, 5.74) is 2.15. The predicted molar refractivity (Wildman–Crippen MR) is 86.9 cm³/mol. The van der Waals surface area contributed by atoms with Gasteiger partial charge in [-0.1, -0.05) is 6.92 Å². The van der Waals surface area contributed by atoms with Crippen molar-refractivity contribution in [2.45, 2.75) is 32.9 Å². The molecule has 0 spiro atoms. The first kappa shape index (κ1) is 14.1. The molecular formula is C17H19ClN3+. The number of hydrogen-bond acceptors (Lipinski definition) is 2. The highest BCUT2D eigenvalue weighted by atomic mass is 35.5. The van der Waals surface area contributed by atoms with E-state index in [0.717, 1.165) is 35.1 Å². The van der Waals surface area contributed by atoms with Gasteiger partial charge in [0, 0.05) is 24.9 Å². The van der Waals surface area contributed by atoms with Crippen LogP contribution < -0.4 is 4.57 Å². The fraction of sp³-hybridized carbons (Fsp3) is 0.294. The van der Waals surface area contributed by atoms with Gasteiger partial charge in [0.2, 0.25) is 0 Å². The van der Waals surface area contributed by atoms with Crippen LogP contribution in [0, 0.1) is 0 Å². The third-order valence-corrected chi connectivity index (χ3v) is 4.17.